The van der Waals surface area contributed by atoms with Crippen molar-refractivity contribution >= 4 is 23.3 Å². The van der Waals surface area contributed by atoms with E-state index in [-0.39, 0.29) is 11.7 Å². The molecule has 0 spiro atoms. The van der Waals surface area contributed by atoms with E-state index in [1.165, 1.54) is 25.1 Å². The lowest BCUT2D eigenvalue weighted by Crippen LogP contribution is -2.32. The van der Waals surface area contributed by atoms with Crippen molar-refractivity contribution in [1.29, 1.82) is 0 Å². The number of halogens is 2. The summed E-state index contributed by atoms with van der Waals surface area (Å²) in [4.78, 5) is 22.8. The zero-order chi connectivity index (χ0) is 19.5. The number of carbonyl (C=O) groups excluding carboxylic acids is 1. The Labute approximate surface area is 169 Å². The second-order valence-corrected chi connectivity index (χ2v) is 8.24. The molecule has 2 aromatic heterocycles. The summed E-state index contributed by atoms with van der Waals surface area (Å²) in [6, 6.07) is 3.52. The van der Waals surface area contributed by atoms with Crippen LogP contribution in [0, 0.1) is 11.7 Å². The highest BCUT2D eigenvalue weighted by atomic mass is 35.5. The molecule has 7 heteroatoms. The molecule has 1 saturated heterocycles. The van der Waals surface area contributed by atoms with Gasteiger partial charge in [0.15, 0.2) is 11.6 Å². The molecule has 0 bridgehead atoms. The van der Waals surface area contributed by atoms with Gasteiger partial charge in [0.25, 0.3) is 5.91 Å². The molecule has 28 heavy (non-hydrogen) atoms. The first-order valence-electron chi connectivity index (χ1n) is 9.89. The molecular formula is C21H24ClFN4O. The first kappa shape index (κ1) is 19.1. The van der Waals surface area contributed by atoms with Gasteiger partial charge in [-0.1, -0.05) is 24.4 Å². The van der Waals surface area contributed by atoms with Crippen LogP contribution < -0.4 is 10.2 Å². The van der Waals surface area contributed by atoms with Crippen LogP contribution in [-0.2, 0) is 6.42 Å². The molecule has 5 nitrogen and oxygen atoms in total. The molecule has 1 aliphatic carbocycles. The van der Waals surface area contributed by atoms with Crippen molar-refractivity contribution in [2.45, 2.75) is 44.6 Å². The van der Waals surface area contributed by atoms with E-state index >= 15 is 0 Å². The van der Waals surface area contributed by atoms with Gasteiger partial charge in [0.1, 0.15) is 0 Å². The van der Waals surface area contributed by atoms with E-state index in [0.717, 1.165) is 44.3 Å². The van der Waals surface area contributed by atoms with Gasteiger partial charge in [0, 0.05) is 37.7 Å². The minimum atomic E-state index is -0.389. The smallest absolute Gasteiger partial charge is 0.253 e. The molecular weight excluding hydrogens is 379 g/mol. The van der Waals surface area contributed by atoms with Crippen molar-refractivity contribution in [3.8, 4) is 0 Å². The lowest BCUT2D eigenvalue weighted by molar-refractivity contribution is 0.0937. The number of hydrogen-bond acceptors (Lipinski definition) is 4. The van der Waals surface area contributed by atoms with Crippen molar-refractivity contribution in [3.05, 3.63) is 52.7 Å². The van der Waals surface area contributed by atoms with Gasteiger partial charge < -0.3 is 10.2 Å². The number of nitrogens with zero attached hydrogens (tertiary/aromatic N) is 3. The van der Waals surface area contributed by atoms with E-state index in [1.807, 2.05) is 17.2 Å². The van der Waals surface area contributed by atoms with Crippen LogP contribution in [0.3, 0.4) is 0 Å². The summed E-state index contributed by atoms with van der Waals surface area (Å²) in [6.07, 6.45) is 11.2. The molecule has 2 aliphatic rings. The standard InChI is InChI=1S/C21H24ClFN4O/c22-17-9-19(23)20(25-12-17)27-6-5-14(13-27)7-15-8-16(11-24-10-15)21(28)26-18-3-1-2-4-18/h8-12,14,18H,1-7,13H2,(H,26,28). The van der Waals surface area contributed by atoms with Gasteiger partial charge in [-0.3, -0.25) is 9.78 Å². The van der Waals surface area contributed by atoms with Gasteiger partial charge in [0.2, 0.25) is 0 Å². The van der Waals surface area contributed by atoms with Gasteiger partial charge in [-0.2, -0.15) is 0 Å². The number of aromatic nitrogens is 2. The summed E-state index contributed by atoms with van der Waals surface area (Å²) < 4.78 is 14.1. The molecule has 1 saturated carbocycles. The molecule has 1 amide bonds. The Morgan fingerprint density at radius 1 is 1.21 bits per heavy atom. The number of hydrogen-bond donors (Lipinski definition) is 1. The highest BCUT2D eigenvalue weighted by Crippen LogP contribution is 2.28. The number of carbonyl (C=O) groups is 1. The van der Waals surface area contributed by atoms with E-state index in [4.69, 9.17) is 11.6 Å². The molecule has 0 radical (unpaired) electrons. The first-order chi connectivity index (χ1) is 13.6. The summed E-state index contributed by atoms with van der Waals surface area (Å²) in [6.45, 7) is 1.48. The number of pyridine rings is 2. The third-order valence-corrected chi connectivity index (χ3v) is 5.85. The van der Waals surface area contributed by atoms with Crippen molar-refractivity contribution in [3.63, 3.8) is 0 Å². The first-order valence-corrected chi connectivity index (χ1v) is 10.3. The summed E-state index contributed by atoms with van der Waals surface area (Å²) in [5.74, 6) is 0.295. The van der Waals surface area contributed by atoms with Crippen molar-refractivity contribution in [1.82, 2.24) is 15.3 Å². The monoisotopic (exact) mass is 402 g/mol. The molecule has 148 valence electrons. The lowest BCUT2D eigenvalue weighted by atomic mass is 9.99. The van der Waals surface area contributed by atoms with Crippen LogP contribution in [-0.4, -0.2) is 35.0 Å². The van der Waals surface area contributed by atoms with E-state index < -0.39 is 0 Å². The molecule has 1 N–H and O–H groups in total. The Kier molecular flexibility index (Phi) is 5.76. The predicted molar refractivity (Wildman–Crippen MR) is 107 cm³/mol. The Bertz CT molecular complexity index is 856. The fraction of sp³-hybridized carbons (Fsp3) is 0.476. The molecule has 2 aromatic rings. The molecule has 1 unspecified atom stereocenters. The van der Waals surface area contributed by atoms with Gasteiger partial charge in [-0.15, -0.1) is 0 Å². The van der Waals surface area contributed by atoms with Crippen LogP contribution in [0.15, 0.2) is 30.7 Å². The second kappa shape index (κ2) is 8.43. The average Bonchev–Trinajstić information content (AvgIpc) is 3.34. The fourth-order valence-corrected chi connectivity index (χ4v) is 4.37. The van der Waals surface area contributed by atoms with Gasteiger partial charge in [-0.05, 0) is 49.3 Å². The second-order valence-electron chi connectivity index (χ2n) is 7.80. The Balaban J connectivity index is 1.37. The van der Waals surface area contributed by atoms with E-state index in [2.05, 4.69) is 15.3 Å². The van der Waals surface area contributed by atoms with Crippen LogP contribution in [0.25, 0.3) is 0 Å². The third-order valence-electron chi connectivity index (χ3n) is 5.65. The summed E-state index contributed by atoms with van der Waals surface area (Å²) >= 11 is 5.79. The Morgan fingerprint density at radius 2 is 2.04 bits per heavy atom. The highest BCUT2D eigenvalue weighted by Gasteiger charge is 2.26. The largest absolute Gasteiger partial charge is 0.354 e. The normalized spacial score (nSPS) is 19.9. The molecule has 3 heterocycles. The zero-order valence-electron chi connectivity index (χ0n) is 15.7. The maximum absolute atomic E-state index is 14.1. The van der Waals surface area contributed by atoms with Gasteiger partial charge in [0.05, 0.1) is 10.6 Å². The average molecular weight is 403 g/mol. The van der Waals surface area contributed by atoms with Crippen molar-refractivity contribution < 1.29 is 9.18 Å². The quantitative estimate of drug-likeness (QED) is 0.820. The van der Waals surface area contributed by atoms with Gasteiger partial charge in [-0.25, -0.2) is 9.37 Å². The van der Waals surface area contributed by atoms with Gasteiger partial charge >= 0.3 is 0 Å². The maximum atomic E-state index is 14.1. The Morgan fingerprint density at radius 3 is 2.82 bits per heavy atom. The summed E-state index contributed by atoms with van der Waals surface area (Å²) in [5.41, 5.74) is 1.65. The summed E-state index contributed by atoms with van der Waals surface area (Å²) in [7, 11) is 0. The molecule has 2 fully saturated rings. The zero-order valence-corrected chi connectivity index (χ0v) is 16.5. The van der Waals surface area contributed by atoms with E-state index in [1.54, 1.807) is 6.20 Å². The van der Waals surface area contributed by atoms with E-state index in [0.29, 0.717) is 28.4 Å². The molecule has 4 rings (SSSR count). The third kappa shape index (κ3) is 4.43. The van der Waals surface area contributed by atoms with Crippen molar-refractivity contribution in [2.75, 3.05) is 18.0 Å². The lowest BCUT2D eigenvalue weighted by Gasteiger charge is -2.18. The number of nitrogens with one attached hydrogen (secondary N) is 1. The maximum Gasteiger partial charge on any atom is 0.253 e. The Hall–Kier alpha value is -2.21. The minimum Gasteiger partial charge on any atom is -0.354 e. The predicted octanol–water partition coefficient (Wildman–Crippen LogP) is 4.01. The molecule has 0 aromatic carbocycles. The SMILES string of the molecule is O=C(NC1CCCC1)c1cncc(CC2CCN(c3ncc(Cl)cc3F)C2)c1. The van der Waals surface area contributed by atoms with E-state index in [9.17, 15) is 9.18 Å². The van der Waals surface area contributed by atoms with Crippen LogP contribution >= 0.6 is 11.6 Å². The minimum absolute atomic E-state index is 0.0401. The van der Waals surface area contributed by atoms with Crippen LogP contribution in [0.4, 0.5) is 10.2 Å². The number of anilines is 1. The summed E-state index contributed by atoms with van der Waals surface area (Å²) in [5, 5.41) is 3.41. The number of rotatable bonds is 5. The van der Waals surface area contributed by atoms with Crippen molar-refractivity contribution in [2.24, 2.45) is 5.92 Å². The van der Waals surface area contributed by atoms with Crippen LogP contribution in [0.2, 0.25) is 5.02 Å². The van der Waals surface area contributed by atoms with Crippen LogP contribution in [0.5, 0.6) is 0 Å². The topological polar surface area (TPSA) is 58.1 Å². The van der Waals surface area contributed by atoms with Crippen LogP contribution in [0.1, 0.15) is 48.0 Å². The molecule has 1 aliphatic heterocycles. The highest BCUT2D eigenvalue weighted by molar-refractivity contribution is 6.30. The molecule has 1 atom stereocenters. The fourth-order valence-electron chi connectivity index (χ4n) is 4.23. The number of amides is 1.